The van der Waals surface area contributed by atoms with Gasteiger partial charge in [0, 0.05) is 29.8 Å². The summed E-state index contributed by atoms with van der Waals surface area (Å²) < 4.78 is 5.34. The second-order valence-corrected chi connectivity index (χ2v) is 4.98. The van der Waals surface area contributed by atoms with Crippen LogP contribution in [0, 0.1) is 0 Å². The number of methoxy groups -OCH3 is 1. The molecule has 0 saturated carbocycles. The van der Waals surface area contributed by atoms with E-state index < -0.39 is 6.10 Å². The van der Waals surface area contributed by atoms with Gasteiger partial charge in [-0.05, 0) is 17.0 Å². The van der Waals surface area contributed by atoms with Gasteiger partial charge in [0.05, 0.1) is 13.2 Å². The number of fused-ring (bicyclic) bond motifs is 1. The quantitative estimate of drug-likeness (QED) is 0.794. The van der Waals surface area contributed by atoms with Crippen LogP contribution < -0.4 is 4.74 Å². The number of aliphatic hydroxyl groups excluding tert-OH is 1. The lowest BCUT2D eigenvalue weighted by Gasteiger charge is -2.15. The lowest BCUT2D eigenvalue weighted by Crippen LogP contribution is -2.04. The minimum absolute atomic E-state index is 0.500. The lowest BCUT2D eigenvalue weighted by atomic mass is 9.98. The van der Waals surface area contributed by atoms with Crippen molar-refractivity contribution in [3.63, 3.8) is 0 Å². The highest BCUT2D eigenvalue weighted by Gasteiger charge is 2.14. The Morgan fingerprint density at radius 3 is 2.67 bits per heavy atom. The van der Waals surface area contributed by atoms with Gasteiger partial charge in [-0.3, -0.25) is 4.98 Å². The van der Waals surface area contributed by atoms with Crippen LogP contribution in [0.15, 0.2) is 60.9 Å². The molecule has 0 radical (unpaired) electrons. The summed E-state index contributed by atoms with van der Waals surface area (Å²) in [6.45, 7) is 0. The Hall–Kier alpha value is -2.39. The van der Waals surface area contributed by atoms with Crippen molar-refractivity contribution in [1.82, 2.24) is 4.98 Å². The number of hydrogen-bond donors (Lipinski definition) is 1. The van der Waals surface area contributed by atoms with Crippen LogP contribution in [0.5, 0.6) is 5.75 Å². The van der Waals surface area contributed by atoms with Gasteiger partial charge in [0.25, 0.3) is 0 Å². The van der Waals surface area contributed by atoms with Gasteiger partial charge < -0.3 is 9.84 Å². The molecule has 3 aromatic rings. The van der Waals surface area contributed by atoms with E-state index in [0.717, 1.165) is 27.6 Å². The van der Waals surface area contributed by atoms with Crippen LogP contribution in [0.3, 0.4) is 0 Å². The predicted octanol–water partition coefficient (Wildman–Crippen LogP) is 3.52. The molecule has 1 atom stereocenters. The predicted molar refractivity (Wildman–Crippen MR) is 83.4 cm³/mol. The third kappa shape index (κ3) is 2.73. The molecule has 3 rings (SSSR count). The Morgan fingerprint density at radius 2 is 1.81 bits per heavy atom. The van der Waals surface area contributed by atoms with Crippen molar-refractivity contribution in [3.8, 4) is 5.75 Å². The average Bonchev–Trinajstić information content (AvgIpc) is 2.54. The monoisotopic (exact) mass is 279 g/mol. The van der Waals surface area contributed by atoms with E-state index in [1.54, 1.807) is 13.3 Å². The minimum atomic E-state index is -0.611. The van der Waals surface area contributed by atoms with E-state index in [4.69, 9.17) is 4.74 Å². The molecule has 0 spiro atoms. The number of benzene rings is 2. The molecule has 1 unspecified atom stereocenters. The van der Waals surface area contributed by atoms with Gasteiger partial charge in [-0.15, -0.1) is 0 Å². The Morgan fingerprint density at radius 1 is 1.05 bits per heavy atom. The summed E-state index contributed by atoms with van der Waals surface area (Å²) in [6.07, 6.45) is 3.44. The molecule has 0 bridgehead atoms. The summed E-state index contributed by atoms with van der Waals surface area (Å²) in [5, 5.41) is 12.7. The first-order valence-corrected chi connectivity index (χ1v) is 6.92. The highest BCUT2D eigenvalue weighted by Crippen LogP contribution is 2.28. The van der Waals surface area contributed by atoms with E-state index >= 15 is 0 Å². The number of aliphatic hydroxyl groups is 1. The second-order valence-electron chi connectivity index (χ2n) is 4.98. The van der Waals surface area contributed by atoms with Gasteiger partial charge >= 0.3 is 0 Å². The summed E-state index contributed by atoms with van der Waals surface area (Å²) in [5.74, 6) is 0.796. The highest BCUT2D eigenvalue weighted by molar-refractivity contribution is 5.84. The largest absolute Gasteiger partial charge is 0.496 e. The molecule has 3 heteroatoms. The first kappa shape index (κ1) is 13.6. The van der Waals surface area contributed by atoms with Crippen molar-refractivity contribution in [2.45, 2.75) is 12.5 Å². The standard InChI is InChI=1S/C18H17NO2/c1-21-18-9-5-3-6-13(18)10-17(20)16-12-19-11-14-7-2-4-8-15(14)16/h2-9,11-12,17,20H,10H2,1H3. The fourth-order valence-electron chi connectivity index (χ4n) is 2.60. The number of ether oxygens (including phenoxy) is 1. The van der Waals surface area contributed by atoms with Crippen molar-refractivity contribution in [2.24, 2.45) is 0 Å². The number of rotatable bonds is 4. The Kier molecular flexibility index (Phi) is 3.84. The van der Waals surface area contributed by atoms with Crippen LogP contribution in [-0.4, -0.2) is 17.2 Å². The van der Waals surface area contributed by atoms with E-state index in [1.807, 2.05) is 54.7 Å². The van der Waals surface area contributed by atoms with Gasteiger partial charge in [0.1, 0.15) is 5.75 Å². The molecule has 1 aromatic heterocycles. The van der Waals surface area contributed by atoms with Gasteiger partial charge in [-0.25, -0.2) is 0 Å². The van der Waals surface area contributed by atoms with Crippen LogP contribution in [0.25, 0.3) is 10.8 Å². The van der Waals surface area contributed by atoms with Crippen molar-refractivity contribution < 1.29 is 9.84 Å². The maximum atomic E-state index is 10.6. The average molecular weight is 279 g/mol. The fourth-order valence-corrected chi connectivity index (χ4v) is 2.60. The minimum Gasteiger partial charge on any atom is -0.496 e. The van der Waals surface area contributed by atoms with Gasteiger partial charge in [0.2, 0.25) is 0 Å². The van der Waals surface area contributed by atoms with Crippen LogP contribution in [0.4, 0.5) is 0 Å². The third-order valence-corrected chi connectivity index (χ3v) is 3.66. The number of nitrogens with zero attached hydrogens (tertiary/aromatic N) is 1. The maximum Gasteiger partial charge on any atom is 0.122 e. The van der Waals surface area contributed by atoms with Crippen molar-refractivity contribution >= 4 is 10.8 Å². The number of pyridine rings is 1. The van der Waals surface area contributed by atoms with Crippen LogP contribution >= 0.6 is 0 Å². The summed E-state index contributed by atoms with van der Waals surface area (Å²) in [4.78, 5) is 4.23. The smallest absolute Gasteiger partial charge is 0.122 e. The molecule has 0 aliphatic heterocycles. The SMILES string of the molecule is COc1ccccc1CC(O)c1cncc2ccccc12. The topological polar surface area (TPSA) is 42.4 Å². The zero-order valence-electron chi connectivity index (χ0n) is 11.9. The molecule has 1 N–H and O–H groups in total. The van der Waals surface area contributed by atoms with Crippen LogP contribution in [-0.2, 0) is 6.42 Å². The Balaban J connectivity index is 1.96. The van der Waals surface area contributed by atoms with Crippen molar-refractivity contribution in [1.29, 1.82) is 0 Å². The van der Waals surface area contributed by atoms with E-state index in [0.29, 0.717) is 6.42 Å². The normalized spacial score (nSPS) is 12.3. The zero-order valence-corrected chi connectivity index (χ0v) is 11.9. The van der Waals surface area contributed by atoms with Gasteiger partial charge in [0.15, 0.2) is 0 Å². The second kappa shape index (κ2) is 5.94. The molecular formula is C18H17NO2. The molecule has 0 fully saturated rings. The maximum absolute atomic E-state index is 10.6. The fraction of sp³-hybridized carbons (Fsp3) is 0.167. The molecule has 0 saturated heterocycles. The molecule has 0 amide bonds. The van der Waals surface area contributed by atoms with E-state index in [1.165, 1.54) is 0 Å². The zero-order chi connectivity index (χ0) is 14.7. The molecule has 21 heavy (non-hydrogen) atoms. The number of hydrogen-bond acceptors (Lipinski definition) is 3. The van der Waals surface area contributed by atoms with Crippen LogP contribution in [0.2, 0.25) is 0 Å². The molecule has 106 valence electrons. The van der Waals surface area contributed by atoms with Gasteiger partial charge in [-0.1, -0.05) is 42.5 Å². The molecular weight excluding hydrogens is 262 g/mol. The van der Waals surface area contributed by atoms with E-state index in [-0.39, 0.29) is 0 Å². The molecule has 3 nitrogen and oxygen atoms in total. The number of para-hydroxylation sites is 1. The molecule has 2 aromatic carbocycles. The first-order valence-electron chi connectivity index (χ1n) is 6.92. The molecule has 0 aliphatic carbocycles. The lowest BCUT2D eigenvalue weighted by molar-refractivity contribution is 0.178. The van der Waals surface area contributed by atoms with Crippen molar-refractivity contribution in [2.75, 3.05) is 7.11 Å². The third-order valence-electron chi connectivity index (χ3n) is 3.66. The highest BCUT2D eigenvalue weighted by atomic mass is 16.5. The van der Waals surface area contributed by atoms with E-state index in [9.17, 15) is 5.11 Å². The molecule has 0 aliphatic rings. The summed E-state index contributed by atoms with van der Waals surface area (Å²) in [6, 6.07) is 15.7. The summed E-state index contributed by atoms with van der Waals surface area (Å²) in [7, 11) is 1.64. The summed E-state index contributed by atoms with van der Waals surface area (Å²) in [5.41, 5.74) is 1.83. The van der Waals surface area contributed by atoms with Crippen molar-refractivity contribution in [3.05, 3.63) is 72.1 Å². The first-order chi connectivity index (χ1) is 10.3. The number of aromatic nitrogens is 1. The van der Waals surface area contributed by atoms with Gasteiger partial charge in [-0.2, -0.15) is 0 Å². The summed E-state index contributed by atoms with van der Waals surface area (Å²) >= 11 is 0. The van der Waals surface area contributed by atoms with Crippen LogP contribution in [0.1, 0.15) is 17.2 Å². The van der Waals surface area contributed by atoms with E-state index in [2.05, 4.69) is 4.98 Å². The Bertz CT molecular complexity index is 750. The molecule has 1 heterocycles. The Labute approximate surface area is 123 Å².